The molecule has 2 N–H and O–H groups in total. The summed E-state index contributed by atoms with van der Waals surface area (Å²) in [5, 5.41) is 0. The van der Waals surface area contributed by atoms with Crippen LogP contribution in [0.5, 0.6) is 0 Å². The van der Waals surface area contributed by atoms with Gasteiger partial charge in [-0.2, -0.15) is 13.2 Å². The van der Waals surface area contributed by atoms with Crippen molar-refractivity contribution < 1.29 is 17.6 Å². The predicted octanol–water partition coefficient (Wildman–Crippen LogP) is 1.70. The minimum absolute atomic E-state index is 0.192. The highest BCUT2D eigenvalue weighted by atomic mass is 19.4. The second-order valence-corrected chi connectivity index (χ2v) is 2.33. The Morgan fingerprint density at radius 1 is 1.38 bits per heavy atom. The molecule has 72 valence electrons. The number of hydrogen-bond donors (Lipinski definition) is 1. The van der Waals surface area contributed by atoms with Crippen molar-refractivity contribution in [3.8, 4) is 0 Å². The van der Waals surface area contributed by atoms with E-state index in [1.807, 2.05) is 0 Å². The molecule has 2 nitrogen and oxygen atoms in total. The average molecular weight is 194 g/mol. The Morgan fingerprint density at radius 2 is 2.00 bits per heavy atom. The fraction of sp³-hybridized carbons (Fsp3) is 0.286. The van der Waals surface area contributed by atoms with E-state index in [1.54, 1.807) is 0 Å². The molecule has 0 aromatic carbocycles. The molecule has 13 heavy (non-hydrogen) atoms. The predicted molar refractivity (Wildman–Crippen MR) is 37.1 cm³/mol. The minimum Gasteiger partial charge on any atom is -0.326 e. The van der Waals surface area contributed by atoms with Crippen LogP contribution in [-0.2, 0) is 12.7 Å². The number of hydrogen-bond acceptors (Lipinski definition) is 2. The quantitative estimate of drug-likeness (QED) is 0.691. The molecule has 0 amide bonds. The Kier molecular flexibility index (Phi) is 2.51. The van der Waals surface area contributed by atoms with Crippen molar-refractivity contribution in [1.29, 1.82) is 0 Å². The highest BCUT2D eigenvalue weighted by Gasteiger charge is 2.36. The molecule has 1 heterocycles. The van der Waals surface area contributed by atoms with Crippen LogP contribution in [0.15, 0.2) is 12.3 Å². The van der Waals surface area contributed by atoms with E-state index in [0.29, 0.717) is 0 Å². The summed E-state index contributed by atoms with van der Waals surface area (Å²) in [6, 6.07) is 1.12. The maximum absolute atomic E-state index is 12.9. The van der Waals surface area contributed by atoms with E-state index in [4.69, 9.17) is 5.73 Å². The van der Waals surface area contributed by atoms with E-state index in [0.717, 1.165) is 12.3 Å². The van der Waals surface area contributed by atoms with Crippen LogP contribution >= 0.6 is 0 Å². The van der Waals surface area contributed by atoms with E-state index in [-0.39, 0.29) is 12.1 Å². The largest absolute Gasteiger partial charge is 0.436 e. The van der Waals surface area contributed by atoms with Crippen molar-refractivity contribution in [1.82, 2.24) is 4.98 Å². The summed E-state index contributed by atoms with van der Waals surface area (Å²) < 4.78 is 49.0. The lowest BCUT2D eigenvalue weighted by Gasteiger charge is -2.08. The fourth-order valence-electron chi connectivity index (χ4n) is 0.839. The first-order valence-corrected chi connectivity index (χ1v) is 3.37. The van der Waals surface area contributed by atoms with Crippen LogP contribution in [0.2, 0.25) is 0 Å². The van der Waals surface area contributed by atoms with E-state index < -0.39 is 17.7 Å². The topological polar surface area (TPSA) is 38.9 Å². The molecule has 0 saturated carbocycles. The number of aromatic nitrogens is 1. The Balaban J connectivity index is 3.24. The van der Waals surface area contributed by atoms with Gasteiger partial charge in [0.05, 0.1) is 0 Å². The van der Waals surface area contributed by atoms with Gasteiger partial charge in [0.1, 0.15) is 0 Å². The standard InChI is InChI=1S/C7H6F4N2/c8-5-4(3-12)1-2-13-6(5)7(9,10)11/h1-2H,3,12H2. The molecule has 0 fully saturated rings. The van der Waals surface area contributed by atoms with Crippen LogP contribution < -0.4 is 5.73 Å². The monoisotopic (exact) mass is 194 g/mol. The third-order valence-electron chi connectivity index (χ3n) is 1.46. The maximum Gasteiger partial charge on any atom is 0.436 e. The van der Waals surface area contributed by atoms with Gasteiger partial charge in [-0.25, -0.2) is 9.37 Å². The van der Waals surface area contributed by atoms with Crippen LogP contribution in [0.25, 0.3) is 0 Å². The summed E-state index contributed by atoms with van der Waals surface area (Å²) in [6.45, 7) is -0.280. The van der Waals surface area contributed by atoms with Gasteiger partial charge >= 0.3 is 6.18 Å². The average Bonchev–Trinajstić information content (AvgIpc) is 2.02. The van der Waals surface area contributed by atoms with Gasteiger partial charge < -0.3 is 5.73 Å². The van der Waals surface area contributed by atoms with Crippen LogP contribution in [-0.4, -0.2) is 4.98 Å². The van der Waals surface area contributed by atoms with Crippen LogP contribution in [0.1, 0.15) is 11.3 Å². The van der Waals surface area contributed by atoms with Crippen molar-refractivity contribution in [2.75, 3.05) is 0 Å². The van der Waals surface area contributed by atoms with Crippen LogP contribution in [0, 0.1) is 5.82 Å². The van der Waals surface area contributed by atoms with Gasteiger partial charge in [-0.15, -0.1) is 0 Å². The van der Waals surface area contributed by atoms with Gasteiger partial charge in [0.2, 0.25) is 0 Å². The summed E-state index contributed by atoms with van der Waals surface area (Å²) in [5.74, 6) is -1.39. The Morgan fingerprint density at radius 3 is 2.46 bits per heavy atom. The molecule has 1 rings (SSSR count). The normalized spacial score (nSPS) is 11.8. The minimum atomic E-state index is -4.77. The molecule has 0 aliphatic rings. The molecule has 0 spiro atoms. The molecule has 1 aromatic heterocycles. The maximum atomic E-state index is 12.9. The molecule has 1 aromatic rings. The molecule has 0 aliphatic carbocycles. The number of nitrogens with zero attached hydrogens (tertiary/aromatic N) is 1. The molecule has 6 heteroatoms. The molecule has 0 radical (unpaired) electrons. The third-order valence-corrected chi connectivity index (χ3v) is 1.46. The fourth-order valence-corrected chi connectivity index (χ4v) is 0.839. The summed E-state index contributed by atoms with van der Waals surface area (Å²) in [6.07, 6.45) is -3.89. The van der Waals surface area contributed by atoms with Gasteiger partial charge in [0.15, 0.2) is 11.5 Å². The summed E-state index contributed by atoms with van der Waals surface area (Å²) in [4.78, 5) is 2.90. The molecular weight excluding hydrogens is 188 g/mol. The van der Waals surface area contributed by atoms with E-state index in [1.165, 1.54) is 0 Å². The van der Waals surface area contributed by atoms with Crippen molar-refractivity contribution in [3.05, 3.63) is 29.3 Å². The lowest BCUT2D eigenvalue weighted by atomic mass is 10.2. The first-order valence-electron chi connectivity index (χ1n) is 3.37. The molecular formula is C7H6F4N2. The first-order chi connectivity index (χ1) is 5.96. The zero-order chi connectivity index (χ0) is 10.1. The Labute approximate surface area is 71.4 Å². The second-order valence-electron chi connectivity index (χ2n) is 2.33. The van der Waals surface area contributed by atoms with Crippen LogP contribution in [0.4, 0.5) is 17.6 Å². The SMILES string of the molecule is NCc1ccnc(C(F)(F)F)c1F. The van der Waals surface area contributed by atoms with Crippen molar-refractivity contribution in [2.24, 2.45) is 5.73 Å². The van der Waals surface area contributed by atoms with Crippen LogP contribution in [0.3, 0.4) is 0 Å². The lowest BCUT2D eigenvalue weighted by molar-refractivity contribution is -0.143. The lowest BCUT2D eigenvalue weighted by Crippen LogP contribution is -2.13. The first kappa shape index (κ1) is 9.91. The summed E-state index contributed by atoms with van der Waals surface area (Å²) in [5.41, 5.74) is 3.32. The number of pyridine rings is 1. The zero-order valence-corrected chi connectivity index (χ0v) is 6.40. The number of nitrogens with two attached hydrogens (primary N) is 1. The molecule has 0 bridgehead atoms. The van der Waals surface area contributed by atoms with Gasteiger partial charge in [0.25, 0.3) is 0 Å². The third kappa shape index (κ3) is 1.95. The Bertz CT molecular complexity index is 308. The van der Waals surface area contributed by atoms with E-state index in [9.17, 15) is 17.6 Å². The van der Waals surface area contributed by atoms with E-state index in [2.05, 4.69) is 4.98 Å². The van der Waals surface area contributed by atoms with Gasteiger partial charge in [0, 0.05) is 18.3 Å². The zero-order valence-electron chi connectivity index (χ0n) is 6.40. The number of rotatable bonds is 1. The molecule has 0 atom stereocenters. The Hall–Kier alpha value is -1.17. The molecule has 0 aliphatic heterocycles. The van der Waals surface area contributed by atoms with Crippen molar-refractivity contribution in [2.45, 2.75) is 12.7 Å². The van der Waals surface area contributed by atoms with Gasteiger partial charge in [-0.1, -0.05) is 0 Å². The van der Waals surface area contributed by atoms with E-state index >= 15 is 0 Å². The second kappa shape index (κ2) is 3.29. The van der Waals surface area contributed by atoms with Crippen molar-refractivity contribution in [3.63, 3.8) is 0 Å². The number of alkyl halides is 3. The van der Waals surface area contributed by atoms with Gasteiger partial charge in [-0.3, -0.25) is 0 Å². The molecule has 0 unspecified atom stereocenters. The smallest absolute Gasteiger partial charge is 0.326 e. The number of halogens is 4. The molecule has 0 saturated heterocycles. The van der Waals surface area contributed by atoms with Crippen molar-refractivity contribution >= 4 is 0 Å². The summed E-state index contributed by atoms with van der Waals surface area (Å²) >= 11 is 0. The van der Waals surface area contributed by atoms with Gasteiger partial charge in [-0.05, 0) is 6.07 Å². The highest BCUT2D eigenvalue weighted by Crippen LogP contribution is 2.30. The highest BCUT2D eigenvalue weighted by molar-refractivity contribution is 5.20. The summed E-state index contributed by atoms with van der Waals surface area (Å²) in [7, 11) is 0.